The molecule has 1 heterocycles. The lowest BCUT2D eigenvalue weighted by molar-refractivity contribution is -0.142. The molecule has 0 N–H and O–H groups in total. The number of thiophene rings is 1. The van der Waals surface area contributed by atoms with E-state index >= 15 is 0 Å². The van der Waals surface area contributed by atoms with Gasteiger partial charge >= 0.3 is 5.97 Å². The van der Waals surface area contributed by atoms with Crippen molar-refractivity contribution in [2.45, 2.75) is 24.0 Å². The third kappa shape index (κ3) is 4.11. The van der Waals surface area contributed by atoms with Gasteiger partial charge in [-0.3, -0.25) is 4.79 Å². The summed E-state index contributed by atoms with van der Waals surface area (Å²) in [6.07, 6.45) is 0.842. The first-order chi connectivity index (χ1) is 7.43. The fraction of sp³-hybridized carbons (Fsp3) is 0.444. The summed E-state index contributed by atoms with van der Waals surface area (Å²) in [5.74, 6) is -0.359. The average molecular weight is 283 g/mol. The lowest BCUT2D eigenvalue weighted by atomic mass is 10.3. The predicted molar refractivity (Wildman–Crippen MR) is 62.3 cm³/mol. The lowest BCUT2D eigenvalue weighted by Crippen LogP contribution is -2.07. The largest absolute Gasteiger partial charge is 0.465 e. The zero-order valence-corrected chi connectivity index (χ0v) is 11.0. The third-order valence-corrected chi connectivity index (χ3v) is 4.84. The molecule has 0 bridgehead atoms. The van der Waals surface area contributed by atoms with Crippen molar-refractivity contribution >= 4 is 37.0 Å². The smallest absolute Gasteiger partial charge is 0.311 e. The molecule has 0 atom stereocenters. The number of carbonyl (C=O) groups is 1. The minimum atomic E-state index is -3.70. The lowest BCUT2D eigenvalue weighted by Gasteiger charge is -2.00. The van der Waals surface area contributed by atoms with Crippen LogP contribution in [0.4, 0.5) is 0 Å². The van der Waals surface area contributed by atoms with E-state index in [9.17, 15) is 13.2 Å². The molecule has 0 amide bonds. The summed E-state index contributed by atoms with van der Waals surface area (Å²) in [6, 6.07) is 2.95. The van der Waals surface area contributed by atoms with Gasteiger partial charge in [0, 0.05) is 15.6 Å². The molecule has 0 aliphatic rings. The summed E-state index contributed by atoms with van der Waals surface area (Å²) in [5, 5.41) is 0. The van der Waals surface area contributed by atoms with Gasteiger partial charge in [0.1, 0.15) is 4.21 Å². The average Bonchev–Trinajstić information content (AvgIpc) is 2.62. The number of esters is 1. The van der Waals surface area contributed by atoms with Crippen LogP contribution < -0.4 is 0 Å². The van der Waals surface area contributed by atoms with Crippen LogP contribution in [0.2, 0.25) is 0 Å². The topological polar surface area (TPSA) is 60.4 Å². The summed E-state index contributed by atoms with van der Waals surface area (Å²) >= 11 is 0.981. The van der Waals surface area contributed by atoms with Crippen molar-refractivity contribution in [3.63, 3.8) is 0 Å². The maximum atomic E-state index is 11.2. The number of hydrogen-bond acceptors (Lipinski definition) is 5. The van der Waals surface area contributed by atoms with Gasteiger partial charge in [-0.2, -0.15) is 0 Å². The molecule has 0 saturated carbocycles. The molecular formula is C9H11ClO4S2. The Hall–Kier alpha value is -0.590. The number of carbonyl (C=O) groups excluding carboxylic acids is 1. The second-order valence-corrected chi connectivity index (χ2v) is 7.02. The van der Waals surface area contributed by atoms with E-state index in [0.29, 0.717) is 11.5 Å². The van der Waals surface area contributed by atoms with Crippen molar-refractivity contribution in [2.75, 3.05) is 6.61 Å². The van der Waals surface area contributed by atoms with Crippen molar-refractivity contribution in [1.82, 2.24) is 0 Å². The normalized spacial score (nSPS) is 11.4. The van der Waals surface area contributed by atoms with E-state index in [2.05, 4.69) is 0 Å². The van der Waals surface area contributed by atoms with Gasteiger partial charge < -0.3 is 4.74 Å². The molecule has 0 unspecified atom stereocenters. The van der Waals surface area contributed by atoms with Crippen LogP contribution in [-0.2, 0) is 25.0 Å². The summed E-state index contributed by atoms with van der Waals surface area (Å²) in [7, 11) is 1.46. The highest BCUT2D eigenvalue weighted by Crippen LogP contribution is 2.25. The molecule has 1 aromatic heterocycles. The summed E-state index contributed by atoms with van der Waals surface area (Å²) in [6.45, 7) is 2.28. The standard InChI is InChI=1S/C9H11ClO4S2/c1-2-5-14-8(11)6-7-3-4-9(15-7)16(10,12)13/h3-4H,2,5-6H2,1H3. The van der Waals surface area contributed by atoms with E-state index in [1.54, 1.807) is 6.07 Å². The second-order valence-electron chi connectivity index (χ2n) is 3.06. The molecule has 0 spiro atoms. The number of hydrogen-bond donors (Lipinski definition) is 0. The first-order valence-corrected chi connectivity index (χ1v) is 7.75. The number of halogens is 1. The van der Waals surface area contributed by atoms with Crippen molar-refractivity contribution in [3.05, 3.63) is 17.0 Å². The monoisotopic (exact) mass is 282 g/mol. The second kappa shape index (κ2) is 5.65. The fourth-order valence-electron chi connectivity index (χ4n) is 0.993. The molecule has 4 nitrogen and oxygen atoms in total. The molecule has 16 heavy (non-hydrogen) atoms. The van der Waals surface area contributed by atoms with Crippen molar-refractivity contribution in [3.8, 4) is 0 Å². The van der Waals surface area contributed by atoms with Crippen LogP contribution in [0.1, 0.15) is 18.2 Å². The summed E-state index contributed by atoms with van der Waals surface area (Å²) in [5.41, 5.74) is 0. The minimum Gasteiger partial charge on any atom is -0.465 e. The van der Waals surface area contributed by atoms with Gasteiger partial charge in [-0.05, 0) is 18.6 Å². The van der Waals surface area contributed by atoms with Gasteiger partial charge in [0.05, 0.1) is 13.0 Å². The Morgan fingerprint density at radius 1 is 1.50 bits per heavy atom. The van der Waals surface area contributed by atoms with E-state index in [0.717, 1.165) is 17.8 Å². The van der Waals surface area contributed by atoms with Crippen molar-refractivity contribution in [2.24, 2.45) is 0 Å². The Kier molecular flexibility index (Phi) is 4.76. The van der Waals surface area contributed by atoms with E-state index in [-0.39, 0.29) is 16.6 Å². The Bertz CT molecular complexity index is 464. The fourth-order valence-corrected chi connectivity index (χ4v) is 3.10. The molecule has 0 fully saturated rings. The van der Waals surface area contributed by atoms with Crippen LogP contribution in [-0.4, -0.2) is 21.0 Å². The molecule has 0 saturated heterocycles. The van der Waals surface area contributed by atoms with Crippen molar-refractivity contribution in [1.29, 1.82) is 0 Å². The highest BCUT2D eigenvalue weighted by Gasteiger charge is 2.14. The first kappa shape index (κ1) is 13.5. The molecule has 90 valence electrons. The molecular weight excluding hydrogens is 272 g/mol. The molecule has 0 aromatic carbocycles. The maximum Gasteiger partial charge on any atom is 0.311 e. The highest BCUT2D eigenvalue weighted by atomic mass is 35.7. The predicted octanol–water partition coefficient (Wildman–Crippen LogP) is 2.17. The Balaban J connectivity index is 2.63. The quantitative estimate of drug-likeness (QED) is 0.613. The van der Waals surface area contributed by atoms with Gasteiger partial charge in [-0.1, -0.05) is 6.92 Å². The Morgan fingerprint density at radius 2 is 2.19 bits per heavy atom. The number of rotatable bonds is 5. The van der Waals surface area contributed by atoms with Gasteiger partial charge in [0.2, 0.25) is 0 Å². The SMILES string of the molecule is CCCOC(=O)Cc1ccc(S(=O)(=O)Cl)s1. The number of ether oxygens (including phenoxy) is 1. The summed E-state index contributed by atoms with van der Waals surface area (Å²) < 4.78 is 26.9. The van der Waals surface area contributed by atoms with Crippen molar-refractivity contribution < 1.29 is 17.9 Å². The van der Waals surface area contributed by atoms with E-state index in [1.165, 1.54) is 6.07 Å². The molecule has 1 rings (SSSR count). The Morgan fingerprint density at radius 3 is 2.69 bits per heavy atom. The van der Waals surface area contributed by atoms with Gasteiger partial charge in [-0.25, -0.2) is 8.42 Å². The van der Waals surface area contributed by atoms with Crippen LogP contribution in [0, 0.1) is 0 Å². The van der Waals surface area contributed by atoms with E-state index < -0.39 is 9.05 Å². The Labute approximate surface area is 103 Å². The van der Waals surface area contributed by atoms with Crippen LogP contribution in [0.3, 0.4) is 0 Å². The van der Waals surface area contributed by atoms with E-state index in [4.69, 9.17) is 15.4 Å². The zero-order chi connectivity index (χ0) is 12.2. The molecule has 1 aromatic rings. The van der Waals surface area contributed by atoms with Crippen LogP contribution in [0.25, 0.3) is 0 Å². The molecule has 0 aliphatic heterocycles. The minimum absolute atomic E-state index is 0.0486. The first-order valence-electron chi connectivity index (χ1n) is 4.62. The highest BCUT2D eigenvalue weighted by molar-refractivity contribution is 8.15. The van der Waals surface area contributed by atoms with Crippen LogP contribution in [0.5, 0.6) is 0 Å². The molecule has 0 radical (unpaired) electrons. The third-order valence-electron chi connectivity index (χ3n) is 1.66. The van der Waals surface area contributed by atoms with Gasteiger partial charge in [0.15, 0.2) is 0 Å². The van der Waals surface area contributed by atoms with E-state index in [1.807, 2.05) is 6.92 Å². The van der Waals surface area contributed by atoms with Gasteiger partial charge in [0.25, 0.3) is 9.05 Å². The van der Waals surface area contributed by atoms with Crippen LogP contribution >= 0.6 is 22.0 Å². The molecule has 0 aliphatic carbocycles. The maximum absolute atomic E-state index is 11.2. The summed E-state index contributed by atoms with van der Waals surface area (Å²) in [4.78, 5) is 11.9. The zero-order valence-electron chi connectivity index (χ0n) is 8.60. The van der Waals surface area contributed by atoms with Gasteiger partial charge in [-0.15, -0.1) is 11.3 Å². The van der Waals surface area contributed by atoms with Crippen LogP contribution in [0.15, 0.2) is 16.3 Å². The molecule has 7 heteroatoms.